The maximum Gasteiger partial charge on any atom is 0.132 e. The van der Waals surface area contributed by atoms with Crippen molar-refractivity contribution in [1.82, 2.24) is 0 Å². The van der Waals surface area contributed by atoms with E-state index in [0.717, 1.165) is 22.1 Å². The van der Waals surface area contributed by atoms with Gasteiger partial charge in [-0.3, -0.25) is 0 Å². The zero-order valence-electron chi connectivity index (χ0n) is 11.6. The van der Waals surface area contributed by atoms with Gasteiger partial charge in [0.05, 0.1) is 6.10 Å². The highest BCUT2D eigenvalue weighted by molar-refractivity contribution is 5.89. The zero-order valence-corrected chi connectivity index (χ0v) is 11.6. The Kier molecular flexibility index (Phi) is 4.08. The Balaban J connectivity index is 2.56. The Morgan fingerprint density at radius 1 is 1.05 bits per heavy atom. The number of ether oxygens (including phenoxy) is 1. The van der Waals surface area contributed by atoms with Crippen LogP contribution < -0.4 is 10.5 Å². The molecule has 0 amide bonds. The molecule has 19 heavy (non-hydrogen) atoms. The largest absolute Gasteiger partial charge is 0.487 e. The predicted molar refractivity (Wildman–Crippen MR) is 78.3 cm³/mol. The molecule has 0 fully saturated rings. The van der Waals surface area contributed by atoms with Gasteiger partial charge in [-0.2, -0.15) is 0 Å². The van der Waals surface area contributed by atoms with Crippen LogP contribution in [-0.4, -0.2) is 17.3 Å². The summed E-state index contributed by atoms with van der Waals surface area (Å²) in [5, 5.41) is 11.8. The maximum atomic E-state index is 9.63. The van der Waals surface area contributed by atoms with Crippen LogP contribution in [0.15, 0.2) is 36.4 Å². The van der Waals surface area contributed by atoms with Gasteiger partial charge in [0, 0.05) is 17.0 Å². The van der Waals surface area contributed by atoms with Gasteiger partial charge in [-0.05, 0) is 26.2 Å². The lowest BCUT2D eigenvalue weighted by Gasteiger charge is -2.22. The SMILES string of the molecule is CC(O)C(C)Oc1c([C@H](C)N)ccc2ccccc12. The van der Waals surface area contributed by atoms with Crippen LogP contribution >= 0.6 is 0 Å². The van der Waals surface area contributed by atoms with Crippen molar-refractivity contribution in [2.24, 2.45) is 5.73 Å². The van der Waals surface area contributed by atoms with Gasteiger partial charge in [0.1, 0.15) is 11.9 Å². The van der Waals surface area contributed by atoms with Crippen molar-refractivity contribution in [2.75, 3.05) is 0 Å². The molecule has 0 aliphatic heterocycles. The number of rotatable bonds is 4. The fourth-order valence-electron chi connectivity index (χ4n) is 2.03. The Hall–Kier alpha value is -1.58. The average molecular weight is 259 g/mol. The van der Waals surface area contributed by atoms with E-state index in [0.29, 0.717) is 0 Å². The monoisotopic (exact) mass is 259 g/mol. The Morgan fingerprint density at radius 3 is 2.37 bits per heavy atom. The van der Waals surface area contributed by atoms with Crippen LogP contribution in [0.3, 0.4) is 0 Å². The van der Waals surface area contributed by atoms with Crippen LogP contribution in [0.5, 0.6) is 5.75 Å². The highest BCUT2D eigenvalue weighted by atomic mass is 16.5. The normalized spacial score (nSPS) is 16.1. The standard InChI is InChI=1S/C16H21NO2/c1-10(17)14-9-8-13-6-4-5-7-15(13)16(14)19-12(3)11(2)18/h4-12,18H,17H2,1-3H3/t10-,11?,12?/m0/s1. The number of fused-ring (bicyclic) bond motifs is 1. The van der Waals surface area contributed by atoms with E-state index in [9.17, 15) is 5.11 Å². The van der Waals surface area contributed by atoms with Gasteiger partial charge in [-0.25, -0.2) is 0 Å². The second-order valence-corrected chi connectivity index (χ2v) is 5.06. The molecule has 2 aromatic carbocycles. The highest BCUT2D eigenvalue weighted by Crippen LogP contribution is 2.33. The molecule has 3 N–H and O–H groups in total. The van der Waals surface area contributed by atoms with Crippen molar-refractivity contribution in [1.29, 1.82) is 0 Å². The predicted octanol–water partition coefficient (Wildman–Crippen LogP) is 3.01. The number of aliphatic hydroxyl groups is 1. The third-order valence-corrected chi connectivity index (χ3v) is 3.38. The molecule has 0 radical (unpaired) electrons. The minimum absolute atomic E-state index is 0.110. The first-order valence-corrected chi connectivity index (χ1v) is 6.62. The lowest BCUT2D eigenvalue weighted by atomic mass is 10.0. The molecule has 0 spiro atoms. The van der Waals surface area contributed by atoms with Gasteiger partial charge in [-0.1, -0.05) is 36.4 Å². The summed E-state index contributed by atoms with van der Waals surface area (Å²) in [5.74, 6) is 0.779. The topological polar surface area (TPSA) is 55.5 Å². The van der Waals surface area contributed by atoms with Crippen LogP contribution in [-0.2, 0) is 0 Å². The quantitative estimate of drug-likeness (QED) is 0.887. The van der Waals surface area contributed by atoms with Crippen LogP contribution in [0.25, 0.3) is 10.8 Å². The summed E-state index contributed by atoms with van der Waals surface area (Å²) in [5.41, 5.74) is 6.98. The van der Waals surface area contributed by atoms with Gasteiger partial charge in [0.25, 0.3) is 0 Å². The fraction of sp³-hybridized carbons (Fsp3) is 0.375. The Bertz CT molecular complexity index is 564. The first-order chi connectivity index (χ1) is 9.00. The zero-order chi connectivity index (χ0) is 14.0. The first-order valence-electron chi connectivity index (χ1n) is 6.62. The van der Waals surface area contributed by atoms with Gasteiger partial charge >= 0.3 is 0 Å². The van der Waals surface area contributed by atoms with E-state index < -0.39 is 6.10 Å². The van der Waals surface area contributed by atoms with E-state index in [2.05, 4.69) is 0 Å². The Morgan fingerprint density at radius 2 is 1.74 bits per heavy atom. The van der Waals surface area contributed by atoms with Crippen molar-refractivity contribution < 1.29 is 9.84 Å². The van der Waals surface area contributed by atoms with E-state index >= 15 is 0 Å². The summed E-state index contributed by atoms with van der Waals surface area (Å²) in [6, 6.07) is 12.0. The molecule has 0 saturated heterocycles. The Labute approximate surface area is 114 Å². The molecular weight excluding hydrogens is 238 g/mol. The number of nitrogens with two attached hydrogens (primary N) is 1. The van der Waals surface area contributed by atoms with E-state index in [1.54, 1.807) is 6.92 Å². The second-order valence-electron chi connectivity index (χ2n) is 5.06. The summed E-state index contributed by atoms with van der Waals surface area (Å²) in [6.07, 6.45) is -0.803. The molecule has 0 bridgehead atoms. The first kappa shape index (κ1) is 13.8. The smallest absolute Gasteiger partial charge is 0.132 e. The molecule has 2 rings (SSSR count). The van der Waals surface area contributed by atoms with E-state index in [4.69, 9.17) is 10.5 Å². The molecule has 3 heteroatoms. The minimum Gasteiger partial charge on any atom is -0.487 e. The molecule has 3 nitrogen and oxygen atoms in total. The van der Waals surface area contributed by atoms with E-state index in [1.807, 2.05) is 50.2 Å². The van der Waals surface area contributed by atoms with Crippen molar-refractivity contribution >= 4 is 10.8 Å². The summed E-state index contributed by atoms with van der Waals surface area (Å²) in [7, 11) is 0. The maximum absolute atomic E-state index is 9.63. The van der Waals surface area contributed by atoms with Crippen molar-refractivity contribution in [2.45, 2.75) is 39.0 Å². The molecule has 3 atom stereocenters. The summed E-state index contributed by atoms with van der Waals surface area (Å²) >= 11 is 0. The summed E-state index contributed by atoms with van der Waals surface area (Å²) in [6.45, 7) is 5.52. The molecule has 0 aliphatic rings. The van der Waals surface area contributed by atoms with Crippen molar-refractivity contribution in [3.05, 3.63) is 42.0 Å². The third-order valence-electron chi connectivity index (χ3n) is 3.38. The molecular formula is C16H21NO2. The van der Waals surface area contributed by atoms with Crippen molar-refractivity contribution in [3.8, 4) is 5.75 Å². The second kappa shape index (κ2) is 5.59. The molecule has 0 heterocycles. The third kappa shape index (κ3) is 2.88. The minimum atomic E-state index is -0.528. The molecule has 2 unspecified atom stereocenters. The van der Waals surface area contributed by atoms with Gasteiger partial charge in [0.15, 0.2) is 0 Å². The van der Waals surface area contributed by atoms with Crippen LogP contribution in [0, 0.1) is 0 Å². The van der Waals surface area contributed by atoms with Crippen LogP contribution in [0.1, 0.15) is 32.4 Å². The van der Waals surface area contributed by atoms with Gasteiger partial charge < -0.3 is 15.6 Å². The lowest BCUT2D eigenvalue weighted by molar-refractivity contribution is 0.0607. The van der Waals surface area contributed by atoms with Gasteiger partial charge in [0.2, 0.25) is 0 Å². The highest BCUT2D eigenvalue weighted by Gasteiger charge is 2.17. The molecule has 0 aromatic heterocycles. The van der Waals surface area contributed by atoms with Crippen molar-refractivity contribution in [3.63, 3.8) is 0 Å². The van der Waals surface area contributed by atoms with Gasteiger partial charge in [-0.15, -0.1) is 0 Å². The molecule has 102 valence electrons. The fourth-order valence-corrected chi connectivity index (χ4v) is 2.03. The molecule has 0 saturated carbocycles. The van der Waals surface area contributed by atoms with Crippen LogP contribution in [0.2, 0.25) is 0 Å². The molecule has 0 aliphatic carbocycles. The average Bonchev–Trinajstić information content (AvgIpc) is 2.38. The summed E-state index contributed by atoms with van der Waals surface area (Å²) < 4.78 is 5.95. The number of benzene rings is 2. The van der Waals surface area contributed by atoms with E-state index in [-0.39, 0.29) is 12.1 Å². The molecule has 2 aromatic rings. The number of hydrogen-bond acceptors (Lipinski definition) is 3. The number of aliphatic hydroxyl groups excluding tert-OH is 1. The number of hydrogen-bond donors (Lipinski definition) is 2. The summed E-state index contributed by atoms with van der Waals surface area (Å²) in [4.78, 5) is 0. The lowest BCUT2D eigenvalue weighted by Crippen LogP contribution is -2.26. The van der Waals surface area contributed by atoms with E-state index in [1.165, 1.54) is 0 Å². The van der Waals surface area contributed by atoms with Crippen LogP contribution in [0.4, 0.5) is 0 Å².